The number of aliphatic carboxylic acids is 1. The predicted octanol–water partition coefficient (Wildman–Crippen LogP) is 2.76. The van der Waals surface area contributed by atoms with Gasteiger partial charge in [-0.1, -0.05) is 44.0 Å². The zero-order valence-electron chi connectivity index (χ0n) is 12.5. The third kappa shape index (κ3) is 4.06. The molecule has 0 aromatic heterocycles. The minimum Gasteiger partial charge on any atom is -0.481 e. The molecule has 2 unspecified atom stereocenters. The van der Waals surface area contributed by atoms with Gasteiger partial charge < -0.3 is 10.4 Å². The van der Waals surface area contributed by atoms with Crippen LogP contribution < -0.4 is 5.32 Å². The number of rotatable bonds is 5. The van der Waals surface area contributed by atoms with Crippen molar-refractivity contribution in [1.82, 2.24) is 5.32 Å². The van der Waals surface area contributed by atoms with Crippen LogP contribution in [0.4, 0.5) is 0 Å². The van der Waals surface area contributed by atoms with Gasteiger partial charge >= 0.3 is 5.97 Å². The highest BCUT2D eigenvalue weighted by atomic mass is 16.4. The molecule has 0 heterocycles. The standard InChI is InChI=1S/C17H23NO3/c1-2-12-7-9-13(10-8-12)11-18-16(19)14-5-3-4-6-15(14)17(20)21/h7-10,14-15H,2-6,11H2,1H3,(H,18,19)(H,20,21). The van der Waals surface area contributed by atoms with Crippen LogP contribution in [0.15, 0.2) is 24.3 Å². The Morgan fingerprint density at radius 2 is 1.67 bits per heavy atom. The van der Waals surface area contributed by atoms with Crippen LogP contribution in [0.3, 0.4) is 0 Å². The van der Waals surface area contributed by atoms with E-state index in [1.54, 1.807) is 0 Å². The molecule has 1 aliphatic carbocycles. The summed E-state index contributed by atoms with van der Waals surface area (Å²) < 4.78 is 0. The lowest BCUT2D eigenvalue weighted by molar-refractivity contribution is -0.148. The molecule has 0 spiro atoms. The molecule has 1 amide bonds. The van der Waals surface area contributed by atoms with Gasteiger partial charge in [0.25, 0.3) is 0 Å². The van der Waals surface area contributed by atoms with Gasteiger partial charge in [-0.15, -0.1) is 0 Å². The molecule has 1 aromatic rings. The number of nitrogens with one attached hydrogen (secondary N) is 1. The summed E-state index contributed by atoms with van der Waals surface area (Å²) in [6.07, 6.45) is 4.12. The van der Waals surface area contributed by atoms with E-state index in [0.717, 1.165) is 24.8 Å². The molecule has 2 atom stereocenters. The summed E-state index contributed by atoms with van der Waals surface area (Å²) in [5.74, 6) is -1.88. The maximum Gasteiger partial charge on any atom is 0.307 e. The summed E-state index contributed by atoms with van der Waals surface area (Å²) >= 11 is 0. The van der Waals surface area contributed by atoms with E-state index in [1.165, 1.54) is 5.56 Å². The van der Waals surface area contributed by atoms with Crippen LogP contribution in [0.1, 0.15) is 43.7 Å². The summed E-state index contributed by atoms with van der Waals surface area (Å²) in [6.45, 7) is 2.57. The quantitative estimate of drug-likeness (QED) is 0.876. The van der Waals surface area contributed by atoms with Gasteiger partial charge in [0, 0.05) is 6.54 Å². The van der Waals surface area contributed by atoms with E-state index in [-0.39, 0.29) is 11.8 Å². The lowest BCUT2D eigenvalue weighted by atomic mass is 9.78. The first-order chi connectivity index (χ1) is 10.1. The van der Waals surface area contributed by atoms with E-state index < -0.39 is 11.9 Å². The lowest BCUT2D eigenvalue weighted by Crippen LogP contribution is -2.39. The second-order valence-corrected chi connectivity index (χ2v) is 5.72. The summed E-state index contributed by atoms with van der Waals surface area (Å²) in [5, 5.41) is 12.1. The Hall–Kier alpha value is -1.84. The number of carboxylic acids is 1. The summed E-state index contributed by atoms with van der Waals surface area (Å²) in [6, 6.07) is 8.13. The molecule has 4 nitrogen and oxygen atoms in total. The molecular weight excluding hydrogens is 266 g/mol. The third-order valence-corrected chi connectivity index (χ3v) is 4.32. The fourth-order valence-corrected chi connectivity index (χ4v) is 2.95. The highest BCUT2D eigenvalue weighted by Crippen LogP contribution is 2.30. The van der Waals surface area contributed by atoms with Crippen LogP contribution in [-0.4, -0.2) is 17.0 Å². The van der Waals surface area contributed by atoms with Crippen LogP contribution >= 0.6 is 0 Å². The van der Waals surface area contributed by atoms with Crippen molar-refractivity contribution in [3.63, 3.8) is 0 Å². The molecule has 0 saturated heterocycles. The molecule has 0 bridgehead atoms. The molecule has 2 rings (SSSR count). The molecule has 0 aliphatic heterocycles. The molecule has 2 N–H and O–H groups in total. The molecule has 1 fully saturated rings. The number of carboxylic acid groups (broad SMARTS) is 1. The van der Waals surface area contributed by atoms with Crippen molar-refractivity contribution in [2.24, 2.45) is 11.8 Å². The Kier molecular flexibility index (Phi) is 5.37. The molecule has 1 saturated carbocycles. The number of carbonyl (C=O) groups is 2. The monoisotopic (exact) mass is 289 g/mol. The van der Waals surface area contributed by atoms with E-state index in [9.17, 15) is 14.7 Å². The van der Waals surface area contributed by atoms with Crippen molar-refractivity contribution in [1.29, 1.82) is 0 Å². The average Bonchev–Trinajstić information content (AvgIpc) is 2.53. The van der Waals surface area contributed by atoms with Crippen LogP contribution in [0.5, 0.6) is 0 Å². The molecule has 21 heavy (non-hydrogen) atoms. The SMILES string of the molecule is CCc1ccc(CNC(=O)C2CCCCC2C(=O)O)cc1. The van der Waals surface area contributed by atoms with Crippen LogP contribution in [0, 0.1) is 11.8 Å². The number of amides is 1. The van der Waals surface area contributed by atoms with E-state index in [0.29, 0.717) is 19.4 Å². The Bertz CT molecular complexity index is 495. The topological polar surface area (TPSA) is 66.4 Å². The molecular formula is C17H23NO3. The second-order valence-electron chi connectivity index (χ2n) is 5.72. The zero-order valence-corrected chi connectivity index (χ0v) is 12.5. The fraction of sp³-hybridized carbons (Fsp3) is 0.529. The van der Waals surface area contributed by atoms with Crippen molar-refractivity contribution >= 4 is 11.9 Å². The lowest BCUT2D eigenvalue weighted by Gasteiger charge is -2.27. The number of benzene rings is 1. The van der Waals surface area contributed by atoms with Gasteiger partial charge in [0.2, 0.25) is 5.91 Å². The van der Waals surface area contributed by atoms with Crippen molar-refractivity contribution in [2.75, 3.05) is 0 Å². The van der Waals surface area contributed by atoms with E-state index in [4.69, 9.17) is 0 Å². The molecule has 114 valence electrons. The van der Waals surface area contributed by atoms with Crippen molar-refractivity contribution in [3.8, 4) is 0 Å². The van der Waals surface area contributed by atoms with Crippen molar-refractivity contribution < 1.29 is 14.7 Å². The van der Waals surface area contributed by atoms with Crippen LogP contribution in [0.25, 0.3) is 0 Å². The average molecular weight is 289 g/mol. The minimum atomic E-state index is -0.845. The Morgan fingerprint density at radius 3 is 2.24 bits per heavy atom. The van der Waals surface area contributed by atoms with Gasteiger partial charge in [-0.3, -0.25) is 9.59 Å². The van der Waals surface area contributed by atoms with Gasteiger partial charge in [0.1, 0.15) is 0 Å². The molecule has 0 radical (unpaired) electrons. The van der Waals surface area contributed by atoms with Crippen molar-refractivity contribution in [3.05, 3.63) is 35.4 Å². The maximum absolute atomic E-state index is 12.2. The normalized spacial score (nSPS) is 21.8. The van der Waals surface area contributed by atoms with Gasteiger partial charge in [-0.25, -0.2) is 0 Å². The summed E-state index contributed by atoms with van der Waals surface area (Å²) in [4.78, 5) is 23.5. The Labute approximate surface area is 125 Å². The minimum absolute atomic E-state index is 0.123. The van der Waals surface area contributed by atoms with E-state index in [2.05, 4.69) is 24.4 Å². The number of hydrogen-bond acceptors (Lipinski definition) is 2. The highest BCUT2D eigenvalue weighted by molar-refractivity contribution is 5.84. The van der Waals surface area contributed by atoms with Gasteiger partial charge in [-0.05, 0) is 30.4 Å². The Morgan fingerprint density at radius 1 is 1.10 bits per heavy atom. The first kappa shape index (κ1) is 15.5. The highest BCUT2D eigenvalue weighted by Gasteiger charge is 2.35. The molecule has 1 aromatic carbocycles. The summed E-state index contributed by atoms with van der Waals surface area (Å²) in [5.41, 5.74) is 2.31. The fourth-order valence-electron chi connectivity index (χ4n) is 2.95. The van der Waals surface area contributed by atoms with E-state index >= 15 is 0 Å². The molecule has 1 aliphatic rings. The smallest absolute Gasteiger partial charge is 0.307 e. The largest absolute Gasteiger partial charge is 0.481 e. The predicted molar refractivity (Wildman–Crippen MR) is 80.8 cm³/mol. The van der Waals surface area contributed by atoms with Gasteiger partial charge in [0.15, 0.2) is 0 Å². The Balaban J connectivity index is 1.91. The number of hydrogen-bond donors (Lipinski definition) is 2. The maximum atomic E-state index is 12.2. The second kappa shape index (κ2) is 7.25. The first-order valence-corrected chi connectivity index (χ1v) is 7.70. The molecule has 4 heteroatoms. The van der Waals surface area contributed by atoms with Crippen LogP contribution in [-0.2, 0) is 22.6 Å². The van der Waals surface area contributed by atoms with E-state index in [1.807, 2.05) is 12.1 Å². The third-order valence-electron chi connectivity index (χ3n) is 4.32. The van der Waals surface area contributed by atoms with Crippen LogP contribution in [0.2, 0.25) is 0 Å². The first-order valence-electron chi connectivity index (χ1n) is 7.70. The summed E-state index contributed by atoms with van der Waals surface area (Å²) in [7, 11) is 0. The van der Waals surface area contributed by atoms with Gasteiger partial charge in [-0.2, -0.15) is 0 Å². The number of carbonyl (C=O) groups excluding carboxylic acids is 1. The van der Waals surface area contributed by atoms with Crippen molar-refractivity contribution in [2.45, 2.75) is 45.6 Å². The zero-order chi connectivity index (χ0) is 15.2. The van der Waals surface area contributed by atoms with Gasteiger partial charge in [0.05, 0.1) is 11.8 Å². The number of aryl methyl sites for hydroxylation is 1.